The fourth-order valence-electron chi connectivity index (χ4n) is 1.96. The van der Waals surface area contributed by atoms with Gasteiger partial charge in [0.1, 0.15) is 0 Å². The Morgan fingerprint density at radius 3 is 2.68 bits per heavy atom. The number of hydrogen-bond acceptors (Lipinski definition) is 3. The topological polar surface area (TPSA) is 48.5 Å². The second kappa shape index (κ2) is 6.02. The average Bonchev–Trinajstić information content (AvgIpc) is 3.13. The van der Waals surface area contributed by atoms with E-state index >= 15 is 0 Å². The molecule has 2 rings (SSSR count). The Labute approximate surface area is 114 Å². The van der Waals surface area contributed by atoms with Gasteiger partial charge in [0.25, 0.3) is 0 Å². The fourth-order valence-corrected chi connectivity index (χ4v) is 1.96. The van der Waals surface area contributed by atoms with E-state index in [1.165, 1.54) is 0 Å². The van der Waals surface area contributed by atoms with Crippen molar-refractivity contribution in [3.05, 3.63) is 24.0 Å². The lowest BCUT2D eigenvalue weighted by atomic mass is 10.3. The zero-order valence-corrected chi connectivity index (χ0v) is 11.9. The number of hydrogen-bond donors (Lipinski definition) is 1. The number of aryl methyl sites for hydroxylation is 1. The van der Waals surface area contributed by atoms with Crippen molar-refractivity contribution < 1.29 is 4.79 Å². The monoisotopic (exact) mass is 262 g/mol. The summed E-state index contributed by atoms with van der Waals surface area (Å²) in [5, 5.41) is 2.93. The minimum absolute atomic E-state index is 0.0169. The van der Waals surface area contributed by atoms with Crippen LogP contribution in [0.3, 0.4) is 0 Å². The summed E-state index contributed by atoms with van der Waals surface area (Å²) >= 11 is 0. The quantitative estimate of drug-likeness (QED) is 0.882. The smallest absolute Gasteiger partial charge is 0.320 e. The SMILES string of the molecule is Cc1cncc(NC(=O)N(CCN(C)C)C2CC2)c1. The molecule has 1 aromatic heterocycles. The highest BCUT2D eigenvalue weighted by Gasteiger charge is 2.32. The molecule has 1 N–H and O–H groups in total. The van der Waals surface area contributed by atoms with Gasteiger partial charge in [-0.05, 0) is 45.5 Å². The summed E-state index contributed by atoms with van der Waals surface area (Å²) in [4.78, 5) is 20.4. The first-order chi connectivity index (χ1) is 9.06. The third-order valence-corrected chi connectivity index (χ3v) is 3.16. The predicted molar refractivity (Wildman–Crippen MR) is 76.3 cm³/mol. The van der Waals surface area contributed by atoms with E-state index in [-0.39, 0.29) is 6.03 Å². The summed E-state index contributed by atoms with van der Waals surface area (Å²) in [6.45, 7) is 3.62. The van der Waals surface area contributed by atoms with E-state index in [2.05, 4.69) is 15.2 Å². The van der Waals surface area contributed by atoms with Crippen molar-refractivity contribution in [1.82, 2.24) is 14.8 Å². The third kappa shape index (κ3) is 4.21. The molecule has 0 aliphatic heterocycles. The molecule has 1 aliphatic carbocycles. The van der Waals surface area contributed by atoms with Gasteiger partial charge in [0, 0.05) is 25.3 Å². The zero-order valence-electron chi connectivity index (χ0n) is 11.9. The molecule has 1 aromatic rings. The molecule has 0 atom stereocenters. The summed E-state index contributed by atoms with van der Waals surface area (Å²) in [6.07, 6.45) is 5.70. The van der Waals surface area contributed by atoms with Crippen LogP contribution in [-0.4, -0.2) is 54.0 Å². The Bertz CT molecular complexity index is 443. The van der Waals surface area contributed by atoms with E-state index in [0.717, 1.165) is 37.2 Å². The molecule has 0 spiro atoms. The van der Waals surface area contributed by atoms with Gasteiger partial charge in [0.05, 0.1) is 11.9 Å². The van der Waals surface area contributed by atoms with Crippen molar-refractivity contribution in [1.29, 1.82) is 0 Å². The minimum Gasteiger partial charge on any atom is -0.320 e. The summed E-state index contributed by atoms with van der Waals surface area (Å²) in [7, 11) is 4.04. The fraction of sp³-hybridized carbons (Fsp3) is 0.571. The van der Waals surface area contributed by atoms with Gasteiger partial charge in [-0.2, -0.15) is 0 Å². The maximum atomic E-state index is 12.3. The van der Waals surface area contributed by atoms with Crippen LogP contribution in [0.2, 0.25) is 0 Å². The molecule has 5 heteroatoms. The normalized spacial score (nSPS) is 14.5. The van der Waals surface area contributed by atoms with Crippen LogP contribution < -0.4 is 5.32 Å². The summed E-state index contributed by atoms with van der Waals surface area (Å²) in [5.74, 6) is 0. The van der Waals surface area contributed by atoms with Crippen LogP contribution in [0.5, 0.6) is 0 Å². The molecule has 0 bridgehead atoms. The number of nitrogens with one attached hydrogen (secondary N) is 1. The van der Waals surface area contributed by atoms with Crippen molar-refractivity contribution in [3.63, 3.8) is 0 Å². The standard InChI is InChI=1S/C14H22N4O/c1-11-8-12(10-15-9-11)16-14(19)18(13-4-5-13)7-6-17(2)3/h8-10,13H,4-7H2,1-3H3,(H,16,19). The summed E-state index contributed by atoms with van der Waals surface area (Å²) in [5.41, 5.74) is 1.81. The van der Waals surface area contributed by atoms with Crippen molar-refractivity contribution >= 4 is 11.7 Å². The van der Waals surface area contributed by atoms with E-state index in [9.17, 15) is 4.79 Å². The number of pyridine rings is 1. The van der Waals surface area contributed by atoms with Crippen molar-refractivity contribution in [2.75, 3.05) is 32.5 Å². The van der Waals surface area contributed by atoms with Gasteiger partial charge < -0.3 is 15.1 Å². The van der Waals surface area contributed by atoms with Crippen LogP contribution in [0, 0.1) is 6.92 Å². The van der Waals surface area contributed by atoms with Crippen LogP contribution in [0.25, 0.3) is 0 Å². The number of urea groups is 1. The van der Waals surface area contributed by atoms with E-state index in [1.807, 2.05) is 32.0 Å². The molecule has 5 nitrogen and oxygen atoms in total. The molecule has 0 saturated heterocycles. The Hall–Kier alpha value is -1.62. The van der Waals surface area contributed by atoms with Gasteiger partial charge in [0.2, 0.25) is 0 Å². The molecular formula is C14H22N4O. The van der Waals surface area contributed by atoms with Crippen LogP contribution >= 0.6 is 0 Å². The molecule has 0 radical (unpaired) electrons. The molecule has 1 aliphatic rings. The molecule has 0 unspecified atom stereocenters. The van der Waals surface area contributed by atoms with Crippen molar-refractivity contribution in [3.8, 4) is 0 Å². The summed E-state index contributed by atoms with van der Waals surface area (Å²) in [6, 6.07) is 2.33. The van der Waals surface area contributed by atoms with Crippen LogP contribution in [0.4, 0.5) is 10.5 Å². The Morgan fingerprint density at radius 2 is 2.11 bits per heavy atom. The lowest BCUT2D eigenvalue weighted by Crippen LogP contribution is -2.40. The predicted octanol–water partition coefficient (Wildman–Crippen LogP) is 1.95. The highest BCUT2D eigenvalue weighted by Crippen LogP contribution is 2.27. The number of anilines is 1. The average molecular weight is 262 g/mol. The van der Waals surface area contributed by atoms with Crippen molar-refractivity contribution in [2.45, 2.75) is 25.8 Å². The van der Waals surface area contributed by atoms with Gasteiger partial charge in [0.15, 0.2) is 0 Å². The number of amides is 2. The largest absolute Gasteiger partial charge is 0.322 e. The molecule has 19 heavy (non-hydrogen) atoms. The van der Waals surface area contributed by atoms with Gasteiger partial charge in [-0.15, -0.1) is 0 Å². The number of likely N-dealkylation sites (N-methyl/N-ethyl adjacent to an activating group) is 1. The van der Waals surface area contributed by atoms with Gasteiger partial charge in [-0.25, -0.2) is 4.79 Å². The number of carbonyl (C=O) groups excluding carboxylic acids is 1. The van der Waals surface area contributed by atoms with Gasteiger partial charge in [-0.1, -0.05) is 0 Å². The molecule has 1 fully saturated rings. The van der Waals surface area contributed by atoms with Crippen LogP contribution in [0.15, 0.2) is 18.5 Å². The zero-order chi connectivity index (χ0) is 13.8. The second-order valence-electron chi connectivity index (χ2n) is 5.41. The minimum atomic E-state index is -0.0169. The molecule has 1 heterocycles. The molecule has 104 valence electrons. The first-order valence-electron chi connectivity index (χ1n) is 6.70. The van der Waals surface area contributed by atoms with E-state index in [1.54, 1.807) is 12.4 Å². The summed E-state index contributed by atoms with van der Waals surface area (Å²) < 4.78 is 0. The Balaban J connectivity index is 1.95. The third-order valence-electron chi connectivity index (χ3n) is 3.16. The maximum absolute atomic E-state index is 12.3. The molecule has 1 saturated carbocycles. The van der Waals surface area contributed by atoms with Crippen LogP contribution in [-0.2, 0) is 0 Å². The first kappa shape index (κ1) is 13.8. The number of rotatable bonds is 5. The molecule has 2 amide bonds. The number of nitrogens with zero attached hydrogens (tertiary/aromatic N) is 3. The molecule has 0 aromatic carbocycles. The Morgan fingerprint density at radius 1 is 1.37 bits per heavy atom. The van der Waals surface area contributed by atoms with Crippen molar-refractivity contribution in [2.24, 2.45) is 0 Å². The lowest BCUT2D eigenvalue weighted by Gasteiger charge is -2.24. The van der Waals surface area contributed by atoms with E-state index in [4.69, 9.17) is 0 Å². The Kier molecular flexibility index (Phi) is 4.37. The molecular weight excluding hydrogens is 240 g/mol. The van der Waals surface area contributed by atoms with Gasteiger partial charge in [-0.3, -0.25) is 4.98 Å². The number of aromatic nitrogens is 1. The van der Waals surface area contributed by atoms with Gasteiger partial charge >= 0.3 is 6.03 Å². The second-order valence-corrected chi connectivity index (χ2v) is 5.41. The lowest BCUT2D eigenvalue weighted by molar-refractivity contribution is 0.202. The first-order valence-corrected chi connectivity index (χ1v) is 6.70. The highest BCUT2D eigenvalue weighted by atomic mass is 16.2. The van der Waals surface area contributed by atoms with Crippen LogP contribution in [0.1, 0.15) is 18.4 Å². The van der Waals surface area contributed by atoms with E-state index in [0.29, 0.717) is 6.04 Å². The highest BCUT2D eigenvalue weighted by molar-refractivity contribution is 5.89. The maximum Gasteiger partial charge on any atom is 0.322 e. The van der Waals surface area contributed by atoms with E-state index < -0.39 is 0 Å². The number of carbonyl (C=O) groups is 1.